The van der Waals surface area contributed by atoms with Gasteiger partial charge in [0.1, 0.15) is 5.54 Å². The van der Waals surface area contributed by atoms with Gasteiger partial charge in [-0.3, -0.25) is 34.0 Å². The van der Waals surface area contributed by atoms with E-state index in [9.17, 15) is 99.9 Å². The van der Waals surface area contributed by atoms with Crippen molar-refractivity contribution >= 4 is 47.5 Å². The number of para-hydroxylation sites is 1. The van der Waals surface area contributed by atoms with Crippen molar-refractivity contribution in [2.24, 2.45) is 0 Å². The molecule has 27 heteroatoms. The van der Waals surface area contributed by atoms with Crippen LogP contribution in [0, 0.1) is 0 Å². The standard InChI is InChI=1S/C44H57N7O20/c1-4-31(48(40(64)65)37-34(61)28(58)12-15-45(37)18-25(55)21-52)44(51(43(70)71)24-10-8-7-9-11-24,32(5-2)49(41(66)67)38-35(62)29(59)13-16-46(38)19-26(56)22-53)33(6-3)50(42(68)69)39-36(63)30(60)14-17-47(39)20-27(57)23-54/h7-17,25-27,31-33,52-57,61-63H,4-6,18-23H2,1-3H3,(H,64,65)(H,66,67)(H,68,69)(H,70,71). The third kappa shape index (κ3) is 11.0. The molecule has 4 amide bonds. The van der Waals surface area contributed by atoms with Crippen LogP contribution in [0.15, 0.2) is 81.5 Å². The highest BCUT2D eigenvalue weighted by Gasteiger charge is 2.65. The van der Waals surface area contributed by atoms with Crippen molar-refractivity contribution in [2.75, 3.05) is 39.4 Å². The Morgan fingerprint density at radius 2 is 0.775 bits per heavy atom. The zero-order valence-electron chi connectivity index (χ0n) is 38.5. The van der Waals surface area contributed by atoms with Gasteiger partial charge in [-0.25, -0.2) is 19.2 Å². The molecule has 6 unspecified atom stereocenters. The number of rotatable bonds is 23. The summed E-state index contributed by atoms with van der Waals surface area (Å²) in [6.45, 7) is -1.75. The quantitative estimate of drug-likeness (QED) is 0.0480. The maximum Gasteiger partial charge on any atom is 0.413 e. The van der Waals surface area contributed by atoms with Crippen LogP contribution >= 0.6 is 0 Å². The first-order valence-electron chi connectivity index (χ1n) is 21.8. The fourth-order valence-corrected chi connectivity index (χ4v) is 9.17. The molecule has 0 radical (unpaired) electrons. The predicted molar refractivity (Wildman–Crippen MR) is 250 cm³/mol. The molecule has 4 rings (SSSR count). The van der Waals surface area contributed by atoms with Gasteiger partial charge >= 0.3 is 24.4 Å². The number of hydrogen-bond acceptors (Lipinski definition) is 16. The van der Waals surface area contributed by atoms with E-state index in [4.69, 9.17) is 0 Å². The minimum Gasteiger partial charge on any atom is -0.502 e. The molecule has 0 aliphatic carbocycles. The molecule has 71 heavy (non-hydrogen) atoms. The zero-order valence-corrected chi connectivity index (χ0v) is 38.5. The van der Waals surface area contributed by atoms with Crippen LogP contribution in [0.3, 0.4) is 0 Å². The van der Waals surface area contributed by atoms with Crippen LogP contribution < -0.4 is 35.9 Å². The molecule has 27 nitrogen and oxygen atoms in total. The second kappa shape index (κ2) is 23.7. The van der Waals surface area contributed by atoms with Gasteiger partial charge in [0.2, 0.25) is 33.5 Å². The van der Waals surface area contributed by atoms with E-state index < -0.39 is 182 Å². The van der Waals surface area contributed by atoms with Crippen molar-refractivity contribution in [3.8, 4) is 17.2 Å². The molecule has 0 fully saturated rings. The summed E-state index contributed by atoms with van der Waals surface area (Å²) >= 11 is 0. The van der Waals surface area contributed by atoms with Gasteiger partial charge in [-0.15, -0.1) is 0 Å². The second-order valence-corrected chi connectivity index (χ2v) is 16.1. The first-order valence-corrected chi connectivity index (χ1v) is 21.8. The number of aliphatic hydroxyl groups is 6. The number of aromatic hydroxyl groups is 3. The summed E-state index contributed by atoms with van der Waals surface area (Å²) in [5.41, 5.74) is -7.59. The Labute approximate surface area is 402 Å². The first-order chi connectivity index (χ1) is 33.5. The molecule has 0 saturated heterocycles. The van der Waals surface area contributed by atoms with E-state index in [1.165, 1.54) is 39.0 Å². The van der Waals surface area contributed by atoms with Gasteiger partial charge in [0.05, 0.1) is 75.9 Å². The number of benzene rings is 1. The number of amides is 4. The van der Waals surface area contributed by atoms with Crippen molar-refractivity contribution in [3.05, 3.63) is 97.8 Å². The zero-order chi connectivity index (χ0) is 53.2. The average Bonchev–Trinajstić information content (AvgIpc) is 3.33. The number of carboxylic acid groups (broad SMARTS) is 4. The summed E-state index contributed by atoms with van der Waals surface area (Å²) in [5, 5.41) is 143. The highest BCUT2D eigenvalue weighted by atomic mass is 16.4. The molecule has 6 atom stereocenters. The highest BCUT2D eigenvalue weighted by Crippen LogP contribution is 2.48. The van der Waals surface area contributed by atoms with E-state index in [-0.39, 0.29) is 14.7 Å². The molecule has 388 valence electrons. The maximum atomic E-state index is 14.6. The minimum absolute atomic E-state index is 0.200. The first kappa shape index (κ1) is 55.9. The lowest BCUT2D eigenvalue weighted by Gasteiger charge is -2.60. The van der Waals surface area contributed by atoms with E-state index in [1.54, 1.807) is 0 Å². The van der Waals surface area contributed by atoms with Crippen molar-refractivity contribution in [3.63, 3.8) is 0 Å². The molecule has 0 bridgehead atoms. The Morgan fingerprint density at radius 3 is 1.00 bits per heavy atom. The van der Waals surface area contributed by atoms with Gasteiger partial charge in [0, 0.05) is 42.5 Å². The van der Waals surface area contributed by atoms with Crippen LogP contribution in [-0.2, 0) is 19.6 Å². The largest absolute Gasteiger partial charge is 0.502 e. The smallest absolute Gasteiger partial charge is 0.413 e. The monoisotopic (exact) mass is 1000 g/mol. The lowest BCUT2D eigenvalue weighted by atomic mass is 9.69. The summed E-state index contributed by atoms with van der Waals surface area (Å²) in [4.78, 5) is 98.8. The molecule has 0 saturated carbocycles. The Morgan fingerprint density at radius 1 is 0.493 bits per heavy atom. The van der Waals surface area contributed by atoms with E-state index in [1.807, 2.05) is 0 Å². The van der Waals surface area contributed by atoms with Crippen molar-refractivity contribution < 1.29 is 85.6 Å². The number of pyridine rings is 3. The molecule has 0 aliphatic rings. The third-order valence-corrected chi connectivity index (χ3v) is 11.8. The summed E-state index contributed by atoms with van der Waals surface area (Å²) < 4.78 is 2.31. The fourth-order valence-electron chi connectivity index (χ4n) is 9.17. The highest BCUT2D eigenvalue weighted by molar-refractivity contribution is 5.96. The number of carbonyl (C=O) groups is 4. The lowest BCUT2D eigenvalue weighted by Crippen LogP contribution is -2.81. The average molecular weight is 1000 g/mol. The van der Waals surface area contributed by atoms with Gasteiger partial charge in [-0.05, 0) is 31.4 Å². The summed E-state index contributed by atoms with van der Waals surface area (Å²) in [6, 6.07) is 1.20. The van der Waals surface area contributed by atoms with Gasteiger partial charge in [-0.2, -0.15) is 0 Å². The Bertz CT molecular complexity index is 2470. The van der Waals surface area contributed by atoms with Crippen LogP contribution in [-0.4, -0.2) is 166 Å². The topological polar surface area (TPSA) is 410 Å². The Hall–Kier alpha value is -7.69. The number of aromatic nitrogens is 3. The van der Waals surface area contributed by atoms with E-state index in [0.717, 1.165) is 62.6 Å². The van der Waals surface area contributed by atoms with Crippen LogP contribution in [0.25, 0.3) is 0 Å². The molecule has 3 heterocycles. The molecule has 1 aromatic carbocycles. The van der Waals surface area contributed by atoms with Crippen LogP contribution in [0.1, 0.15) is 40.0 Å². The molecule has 13 N–H and O–H groups in total. The molecule has 3 aromatic heterocycles. The number of hydrogen-bond donors (Lipinski definition) is 13. The maximum absolute atomic E-state index is 14.6. The fraction of sp³-hybridized carbons (Fsp3) is 0.432. The van der Waals surface area contributed by atoms with Gasteiger partial charge in [-0.1, -0.05) is 39.0 Å². The van der Waals surface area contributed by atoms with Crippen LogP contribution in [0.2, 0.25) is 0 Å². The molecule has 0 aliphatic heterocycles. The predicted octanol–water partition coefficient (Wildman–Crippen LogP) is 0.461. The third-order valence-electron chi connectivity index (χ3n) is 11.8. The van der Waals surface area contributed by atoms with Gasteiger partial charge in [0.25, 0.3) is 0 Å². The SMILES string of the molecule is CCC(N(C(=O)O)c1c(O)c(=O)ccn1CC(O)CO)C(C(CC)N(C(=O)O)c1c(O)c(=O)ccn1CC(O)CO)(C(CC)N(C(=O)O)c1c(O)c(=O)ccn1CC(O)CO)N(C(=O)O)c1ccccc1. The Kier molecular flexibility index (Phi) is 18.7. The van der Waals surface area contributed by atoms with E-state index in [0.29, 0.717) is 4.90 Å². The van der Waals surface area contributed by atoms with Crippen LogP contribution in [0.4, 0.5) is 42.3 Å². The summed E-state index contributed by atoms with van der Waals surface area (Å²) in [6.07, 6.45) is -13.6. The number of nitrogens with zero attached hydrogens (tertiary/aromatic N) is 7. The normalized spacial score (nSPS) is 14.8. The minimum atomic E-state index is -3.28. The van der Waals surface area contributed by atoms with Crippen molar-refractivity contribution in [1.29, 1.82) is 0 Å². The van der Waals surface area contributed by atoms with Crippen LogP contribution in [0.5, 0.6) is 17.2 Å². The van der Waals surface area contributed by atoms with E-state index >= 15 is 0 Å². The number of aliphatic hydroxyl groups excluding tert-OH is 6. The summed E-state index contributed by atoms with van der Waals surface area (Å²) in [7, 11) is 0. The summed E-state index contributed by atoms with van der Waals surface area (Å²) in [5.74, 6) is -7.34. The second-order valence-electron chi connectivity index (χ2n) is 16.1. The molecule has 4 aromatic rings. The van der Waals surface area contributed by atoms with Crippen molar-refractivity contribution in [2.45, 2.75) is 102 Å². The van der Waals surface area contributed by atoms with Gasteiger partial charge in [0.15, 0.2) is 17.5 Å². The van der Waals surface area contributed by atoms with Crippen molar-refractivity contribution in [1.82, 2.24) is 13.7 Å². The molecular weight excluding hydrogens is 947 g/mol. The molecule has 0 spiro atoms. The lowest BCUT2D eigenvalue weighted by molar-refractivity contribution is 0.0801. The Balaban J connectivity index is 2.56. The van der Waals surface area contributed by atoms with E-state index in [2.05, 4.69) is 0 Å². The molecular formula is C44H57N7O20. The van der Waals surface area contributed by atoms with Gasteiger partial charge < -0.3 is 80.1 Å². The number of anilines is 4.